The Hall–Kier alpha value is -1.76. The number of rotatable bonds is 3. The Balaban J connectivity index is 1.49. The summed E-state index contributed by atoms with van der Waals surface area (Å²) in [5.74, 6) is 0.733. The van der Waals surface area contributed by atoms with Crippen LogP contribution < -0.4 is 5.32 Å². The zero-order valence-electron chi connectivity index (χ0n) is 15.8. The summed E-state index contributed by atoms with van der Waals surface area (Å²) in [4.78, 5) is 31.7. The average molecular weight is 378 g/mol. The Morgan fingerprint density at radius 1 is 1.42 bits per heavy atom. The number of hydrogen-bond donors (Lipinski definition) is 1. The van der Waals surface area contributed by atoms with Gasteiger partial charge in [-0.05, 0) is 45.1 Å². The normalized spacial score (nSPS) is 27.7. The van der Waals surface area contributed by atoms with E-state index < -0.39 is 11.7 Å². The van der Waals surface area contributed by atoms with Crippen molar-refractivity contribution in [2.24, 2.45) is 16.8 Å². The third-order valence-corrected chi connectivity index (χ3v) is 6.10. The van der Waals surface area contributed by atoms with Crippen molar-refractivity contribution < 1.29 is 14.3 Å². The second kappa shape index (κ2) is 7.47. The standard InChI is InChI=1S/C19H27N3O3S/c1-12-5-7-20-14-9-15(26-16(12)14)17(23)22-8-6-13(11-22)10-21-18(24)25-19(2,3)4/h5,7,9,12-13,16H,6,8,10-11H2,1-4H3,(H,21,24). The van der Waals surface area contributed by atoms with E-state index in [-0.39, 0.29) is 17.1 Å². The van der Waals surface area contributed by atoms with Crippen LogP contribution in [0.1, 0.15) is 34.1 Å². The van der Waals surface area contributed by atoms with Crippen molar-refractivity contribution in [3.8, 4) is 0 Å². The molecule has 2 amide bonds. The summed E-state index contributed by atoms with van der Waals surface area (Å²) in [6, 6.07) is 0. The van der Waals surface area contributed by atoms with Gasteiger partial charge in [0.05, 0.1) is 15.9 Å². The lowest BCUT2D eigenvalue weighted by atomic mass is 10.0. The molecule has 6 nitrogen and oxygen atoms in total. The number of fused-ring (bicyclic) bond motifs is 1. The van der Waals surface area contributed by atoms with Gasteiger partial charge in [0.15, 0.2) is 0 Å². The number of aliphatic imine (C=N–C) groups is 1. The number of carbonyl (C=O) groups is 2. The van der Waals surface area contributed by atoms with Crippen LogP contribution in [0, 0.1) is 11.8 Å². The number of amides is 2. The Kier molecular flexibility index (Phi) is 5.46. The number of thioether (sulfide) groups is 1. The van der Waals surface area contributed by atoms with Gasteiger partial charge >= 0.3 is 6.09 Å². The zero-order chi connectivity index (χ0) is 18.9. The summed E-state index contributed by atoms with van der Waals surface area (Å²) in [5.41, 5.74) is 0.495. The summed E-state index contributed by atoms with van der Waals surface area (Å²) in [5, 5.41) is 3.07. The first-order valence-corrected chi connectivity index (χ1v) is 10.00. The molecule has 0 bridgehead atoms. The van der Waals surface area contributed by atoms with Crippen molar-refractivity contribution in [3.05, 3.63) is 23.3 Å². The fourth-order valence-electron chi connectivity index (χ4n) is 3.29. The summed E-state index contributed by atoms with van der Waals surface area (Å²) in [6.07, 6.45) is 6.33. The molecule has 3 atom stereocenters. The van der Waals surface area contributed by atoms with Gasteiger partial charge in [-0.25, -0.2) is 4.79 Å². The molecule has 3 unspecified atom stereocenters. The molecular formula is C19H27N3O3S. The van der Waals surface area contributed by atoms with Gasteiger partial charge in [0, 0.05) is 25.8 Å². The minimum atomic E-state index is -0.501. The Bertz CT molecular complexity index is 678. The largest absolute Gasteiger partial charge is 0.444 e. The van der Waals surface area contributed by atoms with Gasteiger partial charge in [0.2, 0.25) is 0 Å². The smallest absolute Gasteiger partial charge is 0.407 e. The topological polar surface area (TPSA) is 71.0 Å². The summed E-state index contributed by atoms with van der Waals surface area (Å²) >= 11 is 1.62. The fraction of sp³-hybridized carbons (Fsp3) is 0.632. The van der Waals surface area contributed by atoms with Crippen molar-refractivity contribution in [1.29, 1.82) is 0 Å². The molecule has 3 aliphatic rings. The number of likely N-dealkylation sites (tertiary alicyclic amines) is 1. The Morgan fingerprint density at radius 3 is 2.88 bits per heavy atom. The maximum atomic E-state index is 12.8. The van der Waals surface area contributed by atoms with E-state index in [4.69, 9.17) is 4.74 Å². The molecule has 0 aliphatic carbocycles. The van der Waals surface area contributed by atoms with Crippen LogP contribution in [0.3, 0.4) is 0 Å². The lowest BCUT2D eigenvalue weighted by Crippen LogP contribution is -2.36. The molecule has 0 aromatic carbocycles. The van der Waals surface area contributed by atoms with Crippen molar-refractivity contribution in [3.63, 3.8) is 0 Å². The molecule has 26 heavy (non-hydrogen) atoms. The van der Waals surface area contributed by atoms with Crippen LogP contribution in [0.25, 0.3) is 0 Å². The summed E-state index contributed by atoms with van der Waals surface area (Å²) < 4.78 is 5.26. The average Bonchev–Trinajstić information content (AvgIpc) is 3.18. The zero-order valence-corrected chi connectivity index (χ0v) is 16.6. The number of nitrogens with one attached hydrogen (secondary N) is 1. The molecule has 7 heteroatoms. The van der Waals surface area contributed by atoms with E-state index in [1.165, 1.54) is 0 Å². The number of alkyl carbamates (subject to hydrolysis) is 1. The Labute approximate surface area is 159 Å². The molecule has 1 N–H and O–H groups in total. The first-order chi connectivity index (χ1) is 12.2. The van der Waals surface area contributed by atoms with Crippen LogP contribution in [-0.4, -0.2) is 53.1 Å². The molecule has 0 aromatic heterocycles. The van der Waals surface area contributed by atoms with Crippen LogP contribution in [0.2, 0.25) is 0 Å². The third kappa shape index (κ3) is 4.50. The predicted molar refractivity (Wildman–Crippen MR) is 104 cm³/mol. The molecule has 3 aliphatic heterocycles. The first-order valence-electron chi connectivity index (χ1n) is 9.12. The van der Waals surface area contributed by atoms with Gasteiger partial charge in [0.1, 0.15) is 5.60 Å². The second-order valence-electron chi connectivity index (χ2n) is 8.09. The van der Waals surface area contributed by atoms with Crippen LogP contribution in [0.4, 0.5) is 4.79 Å². The monoisotopic (exact) mass is 377 g/mol. The van der Waals surface area contributed by atoms with Crippen molar-refractivity contribution in [1.82, 2.24) is 10.2 Å². The quantitative estimate of drug-likeness (QED) is 0.821. The highest BCUT2D eigenvalue weighted by Gasteiger charge is 2.36. The molecule has 1 saturated heterocycles. The SMILES string of the molecule is CC1C=CN=C2C=C(C(=O)N3CCC(CNC(=O)OC(C)(C)C)C3)SC21. The van der Waals surface area contributed by atoms with Gasteiger partial charge in [0.25, 0.3) is 5.91 Å². The van der Waals surface area contributed by atoms with Crippen LogP contribution in [0.5, 0.6) is 0 Å². The summed E-state index contributed by atoms with van der Waals surface area (Å²) in [6.45, 7) is 9.59. The van der Waals surface area contributed by atoms with Gasteiger partial charge in [-0.2, -0.15) is 0 Å². The highest BCUT2D eigenvalue weighted by atomic mass is 32.2. The highest BCUT2D eigenvalue weighted by Crippen LogP contribution is 2.38. The van der Waals surface area contributed by atoms with E-state index in [0.717, 1.165) is 23.6 Å². The molecule has 0 spiro atoms. The molecule has 3 heterocycles. The van der Waals surface area contributed by atoms with Gasteiger partial charge in [-0.15, -0.1) is 11.8 Å². The minimum Gasteiger partial charge on any atom is -0.444 e. The maximum absolute atomic E-state index is 12.8. The molecular weight excluding hydrogens is 350 g/mol. The lowest BCUT2D eigenvalue weighted by molar-refractivity contribution is -0.125. The summed E-state index contributed by atoms with van der Waals surface area (Å²) in [7, 11) is 0. The van der Waals surface area contributed by atoms with E-state index in [1.54, 1.807) is 11.8 Å². The second-order valence-corrected chi connectivity index (χ2v) is 9.27. The molecule has 0 saturated carbocycles. The predicted octanol–water partition coefficient (Wildman–Crippen LogP) is 2.96. The molecule has 3 rings (SSSR count). The van der Waals surface area contributed by atoms with Crippen molar-refractivity contribution in [2.75, 3.05) is 19.6 Å². The number of hydrogen-bond acceptors (Lipinski definition) is 5. The molecule has 1 fully saturated rings. The van der Waals surface area contributed by atoms with E-state index in [1.807, 2.05) is 37.9 Å². The van der Waals surface area contributed by atoms with Crippen LogP contribution in [0.15, 0.2) is 28.2 Å². The Morgan fingerprint density at radius 2 is 2.19 bits per heavy atom. The fourth-order valence-corrected chi connectivity index (χ4v) is 4.54. The van der Waals surface area contributed by atoms with Gasteiger partial charge in [-0.1, -0.05) is 13.0 Å². The number of ether oxygens (including phenoxy) is 1. The van der Waals surface area contributed by atoms with Gasteiger partial charge < -0.3 is 15.0 Å². The molecule has 0 aromatic rings. The van der Waals surface area contributed by atoms with Gasteiger partial charge in [-0.3, -0.25) is 9.79 Å². The van der Waals surface area contributed by atoms with E-state index in [0.29, 0.717) is 19.0 Å². The third-order valence-electron chi connectivity index (χ3n) is 4.63. The maximum Gasteiger partial charge on any atom is 0.407 e. The lowest BCUT2D eigenvalue weighted by Gasteiger charge is -2.21. The highest BCUT2D eigenvalue weighted by molar-refractivity contribution is 8.05. The van der Waals surface area contributed by atoms with E-state index >= 15 is 0 Å². The molecule has 0 radical (unpaired) electrons. The van der Waals surface area contributed by atoms with E-state index in [2.05, 4.69) is 23.3 Å². The van der Waals surface area contributed by atoms with Crippen LogP contribution in [-0.2, 0) is 9.53 Å². The number of carbonyl (C=O) groups excluding carboxylic acids is 2. The van der Waals surface area contributed by atoms with Crippen molar-refractivity contribution >= 4 is 29.5 Å². The number of allylic oxidation sites excluding steroid dienone is 2. The number of nitrogens with zero attached hydrogens (tertiary/aromatic N) is 2. The first kappa shape index (κ1) is 19.0. The van der Waals surface area contributed by atoms with Crippen molar-refractivity contribution in [2.45, 2.75) is 45.0 Å². The minimum absolute atomic E-state index is 0.0825. The van der Waals surface area contributed by atoms with E-state index in [9.17, 15) is 9.59 Å². The van der Waals surface area contributed by atoms with Crippen LogP contribution >= 0.6 is 11.8 Å². The molecule has 142 valence electrons.